The van der Waals surface area contributed by atoms with Crippen molar-refractivity contribution in [1.82, 2.24) is 0 Å². The van der Waals surface area contributed by atoms with Crippen LogP contribution in [0.4, 0.5) is 0 Å². The van der Waals surface area contributed by atoms with E-state index in [0.29, 0.717) is 12.7 Å². The van der Waals surface area contributed by atoms with Gasteiger partial charge in [-0.3, -0.25) is 35.1 Å². The molecule has 1 radical (unpaired) electrons. The van der Waals surface area contributed by atoms with E-state index in [9.17, 15) is 35.1 Å². The molecule has 0 rings (SSSR count). The average molecular weight is 318 g/mol. The van der Waals surface area contributed by atoms with Gasteiger partial charge in [-0.15, -0.1) is 0 Å². The first-order valence-corrected chi connectivity index (χ1v) is 7.16. The van der Waals surface area contributed by atoms with Gasteiger partial charge in [-0.25, -0.2) is 0 Å². The first-order chi connectivity index (χ1) is 10.3. The standard InChI is InChI=1S/C12H20N3O7/c1-2-3-4-5-6-7-8-9-11(13(17)18)12(10-16,14(19)20)15(21)22/h11H,2-9H2,1H3. The minimum absolute atomic E-state index is 0.211. The molecular formula is C12H20N3O7. The van der Waals surface area contributed by atoms with Crippen molar-refractivity contribution in [2.75, 3.05) is 0 Å². The number of nitrogens with zero attached hydrogens (tertiary/aromatic N) is 3. The lowest BCUT2D eigenvalue weighted by Crippen LogP contribution is -2.59. The van der Waals surface area contributed by atoms with Crippen LogP contribution in [0.5, 0.6) is 0 Å². The number of nitro groups is 3. The van der Waals surface area contributed by atoms with E-state index in [1.165, 1.54) is 0 Å². The second kappa shape index (κ2) is 9.74. The Hall–Kier alpha value is -2.13. The summed E-state index contributed by atoms with van der Waals surface area (Å²) in [5, 5.41) is 32.6. The molecule has 10 nitrogen and oxygen atoms in total. The summed E-state index contributed by atoms with van der Waals surface area (Å²) in [6.07, 6.45) is 5.97. The van der Waals surface area contributed by atoms with Crippen molar-refractivity contribution in [3.63, 3.8) is 0 Å². The van der Waals surface area contributed by atoms with Gasteiger partial charge in [-0.2, -0.15) is 0 Å². The van der Waals surface area contributed by atoms with Gasteiger partial charge in [-0.05, 0) is 6.42 Å². The molecule has 10 heteroatoms. The molecule has 0 fully saturated rings. The van der Waals surface area contributed by atoms with Crippen LogP contribution in [0.25, 0.3) is 0 Å². The lowest BCUT2D eigenvalue weighted by atomic mass is 9.96. The van der Waals surface area contributed by atoms with Crippen LogP contribution >= 0.6 is 0 Å². The Bertz CT molecular complexity index is 400. The van der Waals surface area contributed by atoms with Crippen LogP contribution < -0.4 is 0 Å². The quantitative estimate of drug-likeness (QED) is 0.218. The minimum Gasteiger partial charge on any atom is -0.273 e. The molecule has 0 aromatic carbocycles. The molecule has 1 unspecified atom stereocenters. The van der Waals surface area contributed by atoms with Gasteiger partial charge in [0.25, 0.3) is 0 Å². The number of hydrogen-bond donors (Lipinski definition) is 0. The Labute approximate surface area is 127 Å². The first-order valence-electron chi connectivity index (χ1n) is 7.16. The van der Waals surface area contributed by atoms with Crippen LogP contribution in [0, 0.1) is 30.3 Å². The van der Waals surface area contributed by atoms with Crippen molar-refractivity contribution in [1.29, 1.82) is 0 Å². The molecule has 125 valence electrons. The predicted molar refractivity (Wildman–Crippen MR) is 75.8 cm³/mol. The Morgan fingerprint density at radius 1 is 0.909 bits per heavy atom. The molecule has 0 N–H and O–H groups in total. The van der Waals surface area contributed by atoms with E-state index < -0.39 is 32.9 Å². The van der Waals surface area contributed by atoms with Gasteiger partial charge in [0.15, 0.2) is 0 Å². The molecule has 0 aromatic heterocycles. The third-order valence-corrected chi connectivity index (χ3v) is 3.51. The van der Waals surface area contributed by atoms with Crippen LogP contribution in [-0.2, 0) is 4.79 Å². The van der Waals surface area contributed by atoms with Gasteiger partial charge in [0.1, 0.15) is 9.85 Å². The van der Waals surface area contributed by atoms with Crippen molar-refractivity contribution in [3.8, 4) is 0 Å². The maximum absolute atomic E-state index is 10.9. The fraction of sp³-hybridized carbons (Fsp3) is 0.917. The summed E-state index contributed by atoms with van der Waals surface area (Å²) >= 11 is 0. The second-order valence-electron chi connectivity index (χ2n) is 5.05. The van der Waals surface area contributed by atoms with E-state index in [1.807, 2.05) is 0 Å². The number of hydrogen-bond acceptors (Lipinski definition) is 7. The van der Waals surface area contributed by atoms with Gasteiger partial charge in [0, 0.05) is 11.3 Å². The van der Waals surface area contributed by atoms with Crippen molar-refractivity contribution < 1.29 is 19.6 Å². The number of rotatable bonds is 13. The fourth-order valence-corrected chi connectivity index (χ4v) is 2.20. The maximum Gasteiger partial charge on any atom is 0.588 e. The van der Waals surface area contributed by atoms with Gasteiger partial charge < -0.3 is 0 Å². The summed E-state index contributed by atoms with van der Waals surface area (Å²) in [5.74, 6) is 0. The molecule has 0 aliphatic rings. The average Bonchev–Trinajstić information content (AvgIpc) is 2.44. The van der Waals surface area contributed by atoms with Crippen molar-refractivity contribution in [3.05, 3.63) is 30.3 Å². The summed E-state index contributed by atoms with van der Waals surface area (Å²) in [4.78, 5) is 39.2. The van der Waals surface area contributed by atoms with Crippen molar-refractivity contribution >= 4 is 6.29 Å². The highest BCUT2D eigenvalue weighted by Crippen LogP contribution is 2.22. The summed E-state index contributed by atoms with van der Waals surface area (Å²) < 4.78 is 0. The molecule has 0 aliphatic heterocycles. The summed E-state index contributed by atoms with van der Waals surface area (Å²) in [6.45, 7) is 2.06. The maximum atomic E-state index is 10.9. The first kappa shape index (κ1) is 19.9. The Kier molecular flexibility index (Phi) is 8.80. The second-order valence-corrected chi connectivity index (χ2v) is 5.05. The van der Waals surface area contributed by atoms with Crippen LogP contribution in [0.15, 0.2) is 0 Å². The highest BCUT2D eigenvalue weighted by Gasteiger charge is 2.71. The molecule has 0 saturated carbocycles. The molecule has 0 aliphatic carbocycles. The summed E-state index contributed by atoms with van der Waals surface area (Å²) in [6, 6.07) is -2.22. The van der Waals surface area contributed by atoms with E-state index in [4.69, 9.17) is 0 Å². The largest absolute Gasteiger partial charge is 0.588 e. The zero-order chi connectivity index (χ0) is 17.2. The molecule has 0 spiro atoms. The van der Waals surface area contributed by atoms with Gasteiger partial charge >= 0.3 is 18.0 Å². The van der Waals surface area contributed by atoms with Crippen LogP contribution in [-0.4, -0.2) is 32.8 Å². The molecule has 0 saturated heterocycles. The molecular weight excluding hydrogens is 298 g/mol. The predicted octanol–water partition coefficient (Wildman–Crippen LogP) is 2.13. The molecule has 1 atom stereocenters. The molecule has 0 aromatic rings. The van der Waals surface area contributed by atoms with Crippen LogP contribution in [0.1, 0.15) is 58.3 Å². The topological polar surface area (TPSA) is 146 Å². The number of carbonyl (C=O) groups excluding carboxylic acids is 1. The third-order valence-electron chi connectivity index (χ3n) is 3.51. The van der Waals surface area contributed by atoms with Crippen molar-refractivity contribution in [2.24, 2.45) is 0 Å². The van der Waals surface area contributed by atoms with Gasteiger partial charge in [-0.1, -0.05) is 45.4 Å². The fourth-order valence-electron chi connectivity index (χ4n) is 2.20. The van der Waals surface area contributed by atoms with Gasteiger partial charge in [0.2, 0.25) is 0 Å². The van der Waals surface area contributed by atoms with E-state index >= 15 is 0 Å². The highest BCUT2D eigenvalue weighted by molar-refractivity contribution is 5.61. The summed E-state index contributed by atoms with van der Waals surface area (Å²) in [5.41, 5.74) is -3.54. The summed E-state index contributed by atoms with van der Waals surface area (Å²) in [7, 11) is 0. The molecule has 0 bridgehead atoms. The Morgan fingerprint density at radius 2 is 1.36 bits per heavy atom. The smallest absolute Gasteiger partial charge is 0.273 e. The molecule has 0 amide bonds. The van der Waals surface area contributed by atoms with E-state index in [2.05, 4.69) is 6.92 Å². The molecule has 0 heterocycles. The van der Waals surface area contributed by atoms with Crippen LogP contribution in [0.3, 0.4) is 0 Å². The highest BCUT2D eigenvalue weighted by atomic mass is 16.7. The van der Waals surface area contributed by atoms with Crippen molar-refractivity contribution in [2.45, 2.75) is 70.0 Å². The Morgan fingerprint density at radius 3 is 1.73 bits per heavy atom. The SMILES string of the molecule is CCCCCCCCCC([N+](=O)[O-])C([C]=O)([N+](=O)[O-])[N+](=O)[O-]. The monoisotopic (exact) mass is 318 g/mol. The van der Waals surface area contributed by atoms with E-state index in [0.717, 1.165) is 32.1 Å². The minimum atomic E-state index is -3.54. The number of unbranched alkanes of at least 4 members (excludes halogenated alkanes) is 6. The third kappa shape index (κ3) is 5.01. The normalized spacial score (nSPS) is 12.6. The van der Waals surface area contributed by atoms with E-state index in [-0.39, 0.29) is 6.42 Å². The van der Waals surface area contributed by atoms with E-state index in [1.54, 1.807) is 0 Å². The van der Waals surface area contributed by atoms with Crippen LogP contribution in [0.2, 0.25) is 0 Å². The lowest BCUT2D eigenvalue weighted by Gasteiger charge is -2.14. The lowest BCUT2D eigenvalue weighted by molar-refractivity contribution is -0.810. The zero-order valence-electron chi connectivity index (χ0n) is 12.4. The Balaban J connectivity index is 4.71. The zero-order valence-corrected chi connectivity index (χ0v) is 12.4. The molecule has 22 heavy (non-hydrogen) atoms. The van der Waals surface area contributed by atoms with Gasteiger partial charge in [0.05, 0.1) is 0 Å².